The monoisotopic (exact) mass is 219 g/mol. The zero-order chi connectivity index (χ0) is 11.1. The highest BCUT2D eigenvalue weighted by Crippen LogP contribution is 2.34. The number of hydrogen-bond acceptors (Lipinski definition) is 4. The van der Waals surface area contributed by atoms with Crippen molar-refractivity contribution >= 4 is 17.0 Å². The molecule has 1 aliphatic rings. The van der Waals surface area contributed by atoms with Crippen molar-refractivity contribution in [1.29, 1.82) is 0 Å². The lowest BCUT2D eigenvalue weighted by Crippen LogP contribution is -2.15. The van der Waals surface area contributed by atoms with Gasteiger partial charge < -0.3 is 19.4 Å². The Morgan fingerprint density at radius 1 is 1.25 bits per heavy atom. The van der Waals surface area contributed by atoms with Gasteiger partial charge in [-0.05, 0) is 0 Å². The van der Waals surface area contributed by atoms with Gasteiger partial charge in [0.1, 0.15) is 13.2 Å². The van der Waals surface area contributed by atoms with E-state index in [4.69, 9.17) is 9.47 Å². The fourth-order valence-electron chi connectivity index (χ4n) is 1.95. The summed E-state index contributed by atoms with van der Waals surface area (Å²) in [6.07, 6.45) is 0. The highest BCUT2D eigenvalue weighted by molar-refractivity contribution is 5.82. The van der Waals surface area contributed by atoms with Crippen LogP contribution in [0.5, 0.6) is 11.5 Å². The molecule has 0 aliphatic carbocycles. The van der Waals surface area contributed by atoms with Crippen LogP contribution in [-0.4, -0.2) is 29.8 Å². The second-order valence-corrected chi connectivity index (χ2v) is 3.73. The molecule has 0 atom stereocenters. The van der Waals surface area contributed by atoms with Gasteiger partial charge in [-0.3, -0.25) is 0 Å². The van der Waals surface area contributed by atoms with E-state index >= 15 is 0 Å². The van der Waals surface area contributed by atoms with Crippen LogP contribution in [0.15, 0.2) is 12.1 Å². The minimum Gasteiger partial charge on any atom is -0.486 e. The third-order valence-electron chi connectivity index (χ3n) is 2.77. The molecule has 2 aromatic rings. The molecule has 0 amide bonds. The molecule has 5 heteroatoms. The fraction of sp³-hybridized carbons (Fsp3) is 0.364. The Morgan fingerprint density at radius 2 is 1.94 bits per heavy atom. The Kier molecular flexibility index (Phi) is 1.92. The number of fused-ring (bicyclic) bond motifs is 2. The van der Waals surface area contributed by atoms with Crippen LogP contribution in [0.25, 0.3) is 11.0 Å². The van der Waals surface area contributed by atoms with E-state index < -0.39 is 0 Å². The van der Waals surface area contributed by atoms with Crippen molar-refractivity contribution < 1.29 is 9.47 Å². The molecule has 1 N–H and O–H groups in total. The van der Waals surface area contributed by atoms with Crippen LogP contribution >= 0.6 is 0 Å². The third-order valence-corrected chi connectivity index (χ3v) is 2.77. The van der Waals surface area contributed by atoms with Crippen LogP contribution in [0.2, 0.25) is 0 Å². The number of ether oxygens (including phenoxy) is 2. The predicted octanol–water partition coefficient (Wildman–Crippen LogP) is 1.39. The van der Waals surface area contributed by atoms with Crippen molar-refractivity contribution in [3.8, 4) is 11.5 Å². The molecule has 5 nitrogen and oxygen atoms in total. The van der Waals surface area contributed by atoms with E-state index in [0.717, 1.165) is 28.5 Å². The van der Waals surface area contributed by atoms with Gasteiger partial charge in [0.05, 0.1) is 11.0 Å². The van der Waals surface area contributed by atoms with Crippen LogP contribution in [0, 0.1) is 0 Å². The van der Waals surface area contributed by atoms with Crippen molar-refractivity contribution in [1.82, 2.24) is 9.55 Å². The summed E-state index contributed by atoms with van der Waals surface area (Å²) in [5.41, 5.74) is 1.95. The van der Waals surface area contributed by atoms with E-state index in [1.807, 2.05) is 30.8 Å². The molecule has 16 heavy (non-hydrogen) atoms. The summed E-state index contributed by atoms with van der Waals surface area (Å²) in [5, 5.41) is 3.05. The zero-order valence-electron chi connectivity index (χ0n) is 9.28. The van der Waals surface area contributed by atoms with Gasteiger partial charge in [0.15, 0.2) is 11.5 Å². The van der Waals surface area contributed by atoms with Gasteiger partial charge in [0, 0.05) is 26.2 Å². The molecule has 0 fully saturated rings. The van der Waals surface area contributed by atoms with Gasteiger partial charge in [0.25, 0.3) is 0 Å². The van der Waals surface area contributed by atoms with Crippen LogP contribution in [0.4, 0.5) is 5.95 Å². The second kappa shape index (κ2) is 3.30. The molecule has 0 bridgehead atoms. The standard InChI is InChI=1S/C11H13N3O2/c1-12-11-13-7-5-9-10(16-4-3-15-9)6-8(7)14(11)2/h5-6H,3-4H2,1-2H3,(H,12,13). The second-order valence-electron chi connectivity index (χ2n) is 3.73. The van der Waals surface area contributed by atoms with Gasteiger partial charge in [-0.1, -0.05) is 0 Å². The summed E-state index contributed by atoms with van der Waals surface area (Å²) in [7, 11) is 3.82. The molecule has 1 aromatic heterocycles. The first kappa shape index (κ1) is 9.33. The Hall–Kier alpha value is -1.91. The summed E-state index contributed by atoms with van der Waals surface area (Å²) in [4.78, 5) is 4.46. The SMILES string of the molecule is CNc1nc2cc3c(cc2n1C)OCCO3. The van der Waals surface area contributed by atoms with E-state index in [9.17, 15) is 0 Å². The minimum atomic E-state index is 0.601. The molecule has 2 heterocycles. The first-order chi connectivity index (χ1) is 7.79. The maximum atomic E-state index is 5.54. The Morgan fingerprint density at radius 3 is 2.62 bits per heavy atom. The third kappa shape index (κ3) is 1.21. The molecule has 1 aromatic carbocycles. The number of nitrogens with zero attached hydrogens (tertiary/aromatic N) is 2. The van der Waals surface area contributed by atoms with Gasteiger partial charge in [-0.2, -0.15) is 0 Å². The minimum absolute atomic E-state index is 0.601. The van der Waals surface area contributed by atoms with Crippen LogP contribution in [0.3, 0.4) is 0 Å². The first-order valence-corrected chi connectivity index (χ1v) is 5.23. The average molecular weight is 219 g/mol. The van der Waals surface area contributed by atoms with Gasteiger partial charge in [-0.15, -0.1) is 0 Å². The van der Waals surface area contributed by atoms with Crippen molar-refractivity contribution in [2.24, 2.45) is 7.05 Å². The highest BCUT2D eigenvalue weighted by atomic mass is 16.6. The van der Waals surface area contributed by atoms with E-state index in [1.54, 1.807) is 0 Å². The number of hydrogen-bond donors (Lipinski definition) is 1. The highest BCUT2D eigenvalue weighted by Gasteiger charge is 2.16. The zero-order valence-corrected chi connectivity index (χ0v) is 9.28. The summed E-state index contributed by atoms with van der Waals surface area (Å²) in [6.45, 7) is 1.21. The topological polar surface area (TPSA) is 48.3 Å². The molecule has 0 spiro atoms. The number of imidazole rings is 1. The summed E-state index contributed by atoms with van der Waals surface area (Å²) >= 11 is 0. The van der Waals surface area contributed by atoms with Crippen molar-refractivity contribution in [3.05, 3.63) is 12.1 Å². The van der Waals surface area contributed by atoms with E-state index in [-0.39, 0.29) is 0 Å². The maximum absolute atomic E-state index is 5.54. The van der Waals surface area contributed by atoms with Crippen molar-refractivity contribution in [3.63, 3.8) is 0 Å². The quantitative estimate of drug-likeness (QED) is 0.787. The number of aromatic nitrogens is 2. The number of nitrogens with one attached hydrogen (secondary N) is 1. The molecule has 1 aliphatic heterocycles. The molecule has 0 saturated carbocycles. The Bertz CT molecular complexity index is 548. The van der Waals surface area contributed by atoms with E-state index in [2.05, 4.69) is 10.3 Å². The molecule has 3 rings (SSSR count). The lowest BCUT2D eigenvalue weighted by Gasteiger charge is -2.17. The van der Waals surface area contributed by atoms with Crippen LogP contribution in [0.1, 0.15) is 0 Å². The first-order valence-electron chi connectivity index (χ1n) is 5.23. The van der Waals surface area contributed by atoms with Crippen molar-refractivity contribution in [2.75, 3.05) is 25.6 Å². The van der Waals surface area contributed by atoms with Gasteiger partial charge >= 0.3 is 0 Å². The lowest BCUT2D eigenvalue weighted by molar-refractivity contribution is 0.172. The largest absolute Gasteiger partial charge is 0.486 e. The Balaban J connectivity index is 2.25. The van der Waals surface area contributed by atoms with Gasteiger partial charge in [-0.25, -0.2) is 4.98 Å². The Labute approximate surface area is 93.0 Å². The molecule has 0 saturated heterocycles. The van der Waals surface area contributed by atoms with Crippen LogP contribution < -0.4 is 14.8 Å². The van der Waals surface area contributed by atoms with E-state index in [1.165, 1.54) is 0 Å². The smallest absolute Gasteiger partial charge is 0.203 e. The molecule has 0 radical (unpaired) electrons. The molecular weight excluding hydrogens is 206 g/mol. The lowest BCUT2D eigenvalue weighted by atomic mass is 10.2. The fourth-order valence-corrected chi connectivity index (χ4v) is 1.95. The maximum Gasteiger partial charge on any atom is 0.203 e. The number of rotatable bonds is 1. The van der Waals surface area contributed by atoms with E-state index in [0.29, 0.717) is 13.2 Å². The molecule has 84 valence electrons. The number of benzene rings is 1. The molecular formula is C11H13N3O2. The summed E-state index contributed by atoms with van der Waals surface area (Å²) < 4.78 is 13.1. The van der Waals surface area contributed by atoms with Crippen molar-refractivity contribution in [2.45, 2.75) is 0 Å². The normalized spacial score (nSPS) is 14.1. The molecule has 0 unspecified atom stereocenters. The average Bonchev–Trinajstić information content (AvgIpc) is 2.63. The predicted molar refractivity (Wildman–Crippen MR) is 61.3 cm³/mol. The summed E-state index contributed by atoms with van der Waals surface area (Å²) in [6, 6.07) is 3.89. The number of aryl methyl sites for hydroxylation is 1. The van der Waals surface area contributed by atoms with Crippen LogP contribution in [-0.2, 0) is 7.05 Å². The number of anilines is 1. The summed E-state index contributed by atoms with van der Waals surface area (Å²) in [5.74, 6) is 2.40. The van der Waals surface area contributed by atoms with Gasteiger partial charge in [0.2, 0.25) is 5.95 Å².